The molecule has 3 atom stereocenters. The van der Waals surface area contributed by atoms with Gasteiger partial charge < -0.3 is 10.4 Å². The highest BCUT2D eigenvalue weighted by Crippen LogP contribution is 2.49. The largest absolute Gasteiger partial charge is 0.388 e. The lowest BCUT2D eigenvalue weighted by Crippen LogP contribution is -2.52. The van der Waals surface area contributed by atoms with Crippen LogP contribution in [0.5, 0.6) is 0 Å². The van der Waals surface area contributed by atoms with Crippen molar-refractivity contribution in [3.63, 3.8) is 0 Å². The van der Waals surface area contributed by atoms with Gasteiger partial charge in [-0.1, -0.05) is 33.6 Å². The van der Waals surface area contributed by atoms with Crippen LogP contribution in [0.25, 0.3) is 0 Å². The Balaban J connectivity index is 2.11. The molecule has 2 nitrogen and oxygen atoms in total. The standard InChI is InChI=1S/C14H27NO/c1-11-9-13(2,3)10-14(11,16)12-7-5-4-6-8-15-12/h11-12,15-16H,4-10H2,1-3H3. The predicted octanol–water partition coefficient (Wildman–Crippen LogP) is 2.71. The maximum absolute atomic E-state index is 11.0. The normalized spacial score (nSPS) is 44.2. The Bertz CT molecular complexity index is 243. The molecular weight excluding hydrogens is 198 g/mol. The summed E-state index contributed by atoms with van der Waals surface area (Å²) in [5, 5.41) is 14.6. The first-order valence-corrected chi connectivity index (χ1v) is 6.90. The summed E-state index contributed by atoms with van der Waals surface area (Å²) in [7, 11) is 0. The zero-order valence-corrected chi connectivity index (χ0v) is 11.1. The summed E-state index contributed by atoms with van der Waals surface area (Å²) in [6, 6.07) is 0.326. The van der Waals surface area contributed by atoms with Gasteiger partial charge in [0.2, 0.25) is 0 Å². The monoisotopic (exact) mass is 225 g/mol. The first-order valence-electron chi connectivity index (χ1n) is 6.90. The van der Waals surface area contributed by atoms with Crippen LogP contribution in [-0.4, -0.2) is 23.3 Å². The van der Waals surface area contributed by atoms with Crippen molar-refractivity contribution in [2.75, 3.05) is 6.54 Å². The quantitative estimate of drug-likeness (QED) is 0.719. The topological polar surface area (TPSA) is 32.3 Å². The molecule has 16 heavy (non-hydrogen) atoms. The SMILES string of the molecule is CC1CC(C)(C)CC1(O)C1CCCCCN1. The molecule has 1 heterocycles. The fraction of sp³-hybridized carbons (Fsp3) is 1.00. The van der Waals surface area contributed by atoms with E-state index < -0.39 is 5.60 Å². The Morgan fingerprint density at radius 1 is 1.19 bits per heavy atom. The second-order valence-electron chi connectivity index (χ2n) is 6.79. The zero-order valence-electron chi connectivity index (χ0n) is 11.1. The van der Waals surface area contributed by atoms with Crippen molar-refractivity contribution in [1.82, 2.24) is 5.32 Å². The predicted molar refractivity (Wildman–Crippen MR) is 67.4 cm³/mol. The Kier molecular flexibility index (Phi) is 3.33. The van der Waals surface area contributed by atoms with E-state index in [0.717, 1.165) is 25.8 Å². The lowest BCUT2D eigenvalue weighted by Gasteiger charge is -2.37. The molecule has 0 amide bonds. The van der Waals surface area contributed by atoms with Crippen LogP contribution in [0.4, 0.5) is 0 Å². The second kappa shape index (κ2) is 4.30. The highest BCUT2D eigenvalue weighted by atomic mass is 16.3. The van der Waals surface area contributed by atoms with Gasteiger partial charge in [-0.2, -0.15) is 0 Å². The smallest absolute Gasteiger partial charge is 0.0830 e. The second-order valence-corrected chi connectivity index (χ2v) is 6.79. The molecule has 94 valence electrons. The number of hydrogen-bond acceptors (Lipinski definition) is 2. The summed E-state index contributed by atoms with van der Waals surface area (Å²) in [6.45, 7) is 7.89. The molecular formula is C14H27NO. The van der Waals surface area contributed by atoms with E-state index in [-0.39, 0.29) is 0 Å². The molecule has 1 saturated carbocycles. The third kappa shape index (κ3) is 2.28. The molecule has 2 rings (SSSR count). The van der Waals surface area contributed by atoms with Crippen molar-refractivity contribution in [2.45, 2.75) is 70.9 Å². The van der Waals surface area contributed by atoms with Gasteiger partial charge in [-0.15, -0.1) is 0 Å². The van der Waals surface area contributed by atoms with E-state index >= 15 is 0 Å². The molecule has 0 aromatic carbocycles. The summed E-state index contributed by atoms with van der Waals surface area (Å²) in [6.07, 6.45) is 7.12. The van der Waals surface area contributed by atoms with E-state index in [1.165, 1.54) is 19.3 Å². The molecule has 1 aliphatic heterocycles. The van der Waals surface area contributed by atoms with Crippen LogP contribution < -0.4 is 5.32 Å². The number of rotatable bonds is 1. The van der Waals surface area contributed by atoms with Gasteiger partial charge in [0.25, 0.3) is 0 Å². The third-order valence-corrected chi connectivity index (χ3v) is 4.64. The van der Waals surface area contributed by atoms with Gasteiger partial charge in [0.1, 0.15) is 0 Å². The highest BCUT2D eigenvalue weighted by Gasteiger charge is 2.51. The molecule has 1 aliphatic carbocycles. The van der Waals surface area contributed by atoms with E-state index in [2.05, 4.69) is 26.1 Å². The van der Waals surface area contributed by atoms with E-state index in [1.807, 2.05) is 0 Å². The van der Waals surface area contributed by atoms with Crippen molar-refractivity contribution in [3.8, 4) is 0 Å². The average Bonchev–Trinajstić information content (AvgIpc) is 2.42. The van der Waals surface area contributed by atoms with Gasteiger partial charge in [-0.05, 0) is 43.6 Å². The maximum Gasteiger partial charge on any atom is 0.0830 e. The van der Waals surface area contributed by atoms with Gasteiger partial charge in [0.15, 0.2) is 0 Å². The van der Waals surface area contributed by atoms with E-state index in [1.54, 1.807) is 0 Å². The van der Waals surface area contributed by atoms with Crippen LogP contribution in [0.3, 0.4) is 0 Å². The Morgan fingerprint density at radius 3 is 2.56 bits per heavy atom. The molecule has 1 saturated heterocycles. The van der Waals surface area contributed by atoms with Crippen molar-refractivity contribution in [2.24, 2.45) is 11.3 Å². The van der Waals surface area contributed by atoms with Crippen molar-refractivity contribution in [3.05, 3.63) is 0 Å². The lowest BCUT2D eigenvalue weighted by atomic mass is 9.81. The summed E-state index contributed by atoms with van der Waals surface area (Å²) in [5.74, 6) is 0.429. The van der Waals surface area contributed by atoms with E-state index in [4.69, 9.17) is 0 Å². The van der Waals surface area contributed by atoms with E-state index in [9.17, 15) is 5.11 Å². The zero-order chi connectivity index (χ0) is 11.8. The van der Waals surface area contributed by atoms with Gasteiger partial charge in [0.05, 0.1) is 5.60 Å². The van der Waals surface area contributed by atoms with Crippen LogP contribution in [0.1, 0.15) is 59.3 Å². The molecule has 2 aliphatic rings. The molecule has 0 aromatic heterocycles. The van der Waals surface area contributed by atoms with E-state index in [0.29, 0.717) is 17.4 Å². The molecule has 0 radical (unpaired) electrons. The summed E-state index contributed by atoms with van der Waals surface area (Å²) in [5.41, 5.74) is -0.157. The fourth-order valence-corrected chi connectivity index (χ4v) is 3.94. The number of hydrogen-bond donors (Lipinski definition) is 2. The van der Waals surface area contributed by atoms with Crippen LogP contribution in [-0.2, 0) is 0 Å². The highest BCUT2D eigenvalue weighted by molar-refractivity contribution is 5.05. The van der Waals surface area contributed by atoms with Crippen molar-refractivity contribution in [1.29, 1.82) is 0 Å². The van der Waals surface area contributed by atoms with Crippen molar-refractivity contribution < 1.29 is 5.11 Å². The fourth-order valence-electron chi connectivity index (χ4n) is 3.94. The van der Waals surface area contributed by atoms with Crippen LogP contribution in [0.15, 0.2) is 0 Å². The van der Waals surface area contributed by atoms with Gasteiger partial charge >= 0.3 is 0 Å². The van der Waals surface area contributed by atoms with Crippen LogP contribution >= 0.6 is 0 Å². The summed E-state index contributed by atoms with van der Waals surface area (Å²) < 4.78 is 0. The Morgan fingerprint density at radius 2 is 1.94 bits per heavy atom. The van der Waals surface area contributed by atoms with Crippen LogP contribution in [0.2, 0.25) is 0 Å². The molecule has 2 fully saturated rings. The van der Waals surface area contributed by atoms with Gasteiger partial charge in [-0.3, -0.25) is 0 Å². The average molecular weight is 225 g/mol. The molecule has 0 spiro atoms. The van der Waals surface area contributed by atoms with Gasteiger partial charge in [-0.25, -0.2) is 0 Å². The van der Waals surface area contributed by atoms with Crippen molar-refractivity contribution >= 4 is 0 Å². The Labute approximate surface area is 99.8 Å². The summed E-state index contributed by atoms with van der Waals surface area (Å²) in [4.78, 5) is 0. The summed E-state index contributed by atoms with van der Waals surface area (Å²) >= 11 is 0. The molecule has 0 aromatic rings. The lowest BCUT2D eigenvalue weighted by molar-refractivity contribution is -0.0325. The first kappa shape index (κ1) is 12.4. The molecule has 3 unspecified atom stereocenters. The maximum atomic E-state index is 11.0. The third-order valence-electron chi connectivity index (χ3n) is 4.64. The molecule has 0 bridgehead atoms. The number of nitrogens with one attached hydrogen (secondary N) is 1. The molecule has 2 N–H and O–H groups in total. The minimum Gasteiger partial charge on any atom is -0.388 e. The molecule has 2 heteroatoms. The van der Waals surface area contributed by atoms with Gasteiger partial charge in [0, 0.05) is 6.04 Å². The number of aliphatic hydroxyl groups is 1. The van der Waals surface area contributed by atoms with Crippen LogP contribution in [0, 0.1) is 11.3 Å². The Hall–Kier alpha value is -0.0800. The first-order chi connectivity index (χ1) is 7.44. The minimum atomic E-state index is -0.464. The minimum absolute atomic E-state index is 0.308.